The standard InChI is InChI=1S/C23H13BrF3N3O3/c24-16-12-28-9-7-20(16)33-21-11-17(26)19(10-18(21)27)30(14-5-3-13(25)4-6-14)23(32)15-2-1-8-29-22(15)31/h1-12H,(H,29,31). The number of ether oxygens (including phenoxy) is 1. The van der Waals surface area contributed by atoms with Crippen LogP contribution in [0.4, 0.5) is 24.5 Å². The van der Waals surface area contributed by atoms with Crippen LogP contribution in [0.2, 0.25) is 0 Å². The topological polar surface area (TPSA) is 75.3 Å². The molecule has 0 aliphatic heterocycles. The van der Waals surface area contributed by atoms with E-state index in [0.29, 0.717) is 4.47 Å². The quantitative estimate of drug-likeness (QED) is 0.368. The zero-order valence-corrected chi connectivity index (χ0v) is 18.1. The molecule has 0 aliphatic carbocycles. The molecule has 2 aromatic heterocycles. The van der Waals surface area contributed by atoms with Crippen molar-refractivity contribution in [2.45, 2.75) is 0 Å². The van der Waals surface area contributed by atoms with Crippen LogP contribution < -0.4 is 15.2 Å². The number of carbonyl (C=O) groups is 1. The Morgan fingerprint density at radius 3 is 2.45 bits per heavy atom. The summed E-state index contributed by atoms with van der Waals surface area (Å²) in [5.41, 5.74) is -1.51. The molecule has 1 N–H and O–H groups in total. The fourth-order valence-electron chi connectivity index (χ4n) is 3.00. The van der Waals surface area contributed by atoms with Crippen molar-refractivity contribution in [2.75, 3.05) is 4.90 Å². The Hall–Kier alpha value is -3.92. The molecule has 2 heterocycles. The molecule has 0 bridgehead atoms. The third-order valence-corrected chi connectivity index (χ3v) is 5.13. The van der Waals surface area contributed by atoms with Crippen molar-refractivity contribution in [3.63, 3.8) is 0 Å². The third kappa shape index (κ3) is 4.65. The van der Waals surface area contributed by atoms with Gasteiger partial charge < -0.3 is 9.72 Å². The average molecular weight is 516 g/mol. The first-order valence-electron chi connectivity index (χ1n) is 9.39. The summed E-state index contributed by atoms with van der Waals surface area (Å²) in [6, 6.07) is 10.2. The van der Waals surface area contributed by atoms with Crippen LogP contribution in [0.1, 0.15) is 10.4 Å². The number of benzene rings is 2. The molecule has 6 nitrogen and oxygen atoms in total. The second kappa shape index (κ2) is 9.29. The summed E-state index contributed by atoms with van der Waals surface area (Å²) in [4.78, 5) is 32.4. The Balaban J connectivity index is 1.82. The molecule has 0 spiro atoms. The van der Waals surface area contributed by atoms with E-state index in [2.05, 4.69) is 25.9 Å². The van der Waals surface area contributed by atoms with E-state index in [1.165, 1.54) is 48.9 Å². The molecule has 10 heteroatoms. The van der Waals surface area contributed by atoms with Crippen molar-refractivity contribution < 1.29 is 22.7 Å². The number of amides is 1. The maximum atomic E-state index is 15.2. The number of nitrogens with zero attached hydrogens (tertiary/aromatic N) is 2. The maximum absolute atomic E-state index is 15.2. The minimum atomic E-state index is -1.01. The van der Waals surface area contributed by atoms with Gasteiger partial charge in [-0.05, 0) is 52.3 Å². The highest BCUT2D eigenvalue weighted by Gasteiger charge is 2.26. The van der Waals surface area contributed by atoms with E-state index in [1.807, 2.05) is 0 Å². The van der Waals surface area contributed by atoms with E-state index < -0.39 is 40.4 Å². The van der Waals surface area contributed by atoms with Crippen LogP contribution in [0.5, 0.6) is 11.5 Å². The minimum Gasteiger partial charge on any atom is -0.453 e. The van der Waals surface area contributed by atoms with Gasteiger partial charge in [0.1, 0.15) is 17.1 Å². The van der Waals surface area contributed by atoms with E-state index in [4.69, 9.17) is 4.74 Å². The Morgan fingerprint density at radius 2 is 1.76 bits per heavy atom. The molecule has 0 fully saturated rings. The summed E-state index contributed by atoms with van der Waals surface area (Å²) in [7, 11) is 0. The molecule has 0 atom stereocenters. The van der Waals surface area contributed by atoms with Gasteiger partial charge in [0, 0.05) is 42.5 Å². The fraction of sp³-hybridized carbons (Fsp3) is 0. The number of nitrogens with one attached hydrogen (secondary N) is 1. The van der Waals surface area contributed by atoms with Crippen molar-refractivity contribution in [1.29, 1.82) is 0 Å². The highest BCUT2D eigenvalue weighted by molar-refractivity contribution is 9.10. The predicted molar refractivity (Wildman–Crippen MR) is 118 cm³/mol. The van der Waals surface area contributed by atoms with Gasteiger partial charge in [-0.3, -0.25) is 19.5 Å². The first kappa shape index (κ1) is 22.3. The molecule has 0 saturated heterocycles. The normalized spacial score (nSPS) is 10.7. The Bertz CT molecular complexity index is 1390. The molecular weight excluding hydrogens is 503 g/mol. The van der Waals surface area contributed by atoms with Gasteiger partial charge in [-0.15, -0.1) is 0 Å². The Morgan fingerprint density at radius 1 is 1.00 bits per heavy atom. The van der Waals surface area contributed by atoms with Crippen LogP contribution in [-0.2, 0) is 0 Å². The number of H-pyrrole nitrogens is 1. The summed E-state index contributed by atoms with van der Waals surface area (Å²) in [5.74, 6) is -3.77. The highest BCUT2D eigenvalue weighted by Crippen LogP contribution is 2.36. The molecule has 4 aromatic rings. The van der Waals surface area contributed by atoms with Crippen LogP contribution in [0.25, 0.3) is 0 Å². The van der Waals surface area contributed by atoms with Gasteiger partial charge in [-0.2, -0.15) is 0 Å². The van der Waals surface area contributed by atoms with Crippen LogP contribution in [0.15, 0.2) is 82.5 Å². The summed E-state index contributed by atoms with van der Waals surface area (Å²) in [6.45, 7) is 0. The van der Waals surface area contributed by atoms with Gasteiger partial charge in [0.05, 0.1) is 10.2 Å². The van der Waals surface area contributed by atoms with Crippen LogP contribution >= 0.6 is 15.9 Å². The predicted octanol–water partition coefficient (Wildman–Crippen LogP) is 5.72. The van der Waals surface area contributed by atoms with E-state index in [-0.39, 0.29) is 17.0 Å². The number of anilines is 2. The molecular formula is C23H13BrF3N3O3. The summed E-state index contributed by atoms with van der Waals surface area (Å²) < 4.78 is 49.5. The fourth-order valence-corrected chi connectivity index (χ4v) is 3.33. The van der Waals surface area contributed by atoms with Gasteiger partial charge in [0.2, 0.25) is 0 Å². The Kier molecular flexibility index (Phi) is 6.27. The number of hydrogen-bond donors (Lipinski definition) is 1. The van der Waals surface area contributed by atoms with Gasteiger partial charge in [-0.1, -0.05) is 0 Å². The van der Waals surface area contributed by atoms with Crippen molar-refractivity contribution in [1.82, 2.24) is 9.97 Å². The van der Waals surface area contributed by atoms with Crippen molar-refractivity contribution >= 4 is 33.2 Å². The number of carbonyl (C=O) groups excluding carboxylic acids is 1. The number of hydrogen-bond acceptors (Lipinski definition) is 4. The minimum absolute atomic E-state index is 0.0218. The lowest BCUT2D eigenvalue weighted by atomic mass is 10.1. The van der Waals surface area contributed by atoms with Crippen molar-refractivity contribution in [3.05, 3.63) is 111 Å². The summed E-state index contributed by atoms with van der Waals surface area (Å²) >= 11 is 3.20. The van der Waals surface area contributed by atoms with E-state index in [1.54, 1.807) is 0 Å². The second-order valence-electron chi connectivity index (χ2n) is 6.67. The smallest absolute Gasteiger partial charge is 0.268 e. The molecule has 2 aromatic carbocycles. The van der Waals surface area contributed by atoms with Crippen LogP contribution in [-0.4, -0.2) is 15.9 Å². The lowest BCUT2D eigenvalue weighted by Crippen LogP contribution is -2.31. The summed E-state index contributed by atoms with van der Waals surface area (Å²) in [5, 5.41) is 0. The van der Waals surface area contributed by atoms with Gasteiger partial charge in [0.25, 0.3) is 11.5 Å². The second-order valence-corrected chi connectivity index (χ2v) is 7.53. The maximum Gasteiger partial charge on any atom is 0.268 e. The van der Waals surface area contributed by atoms with Crippen molar-refractivity contribution in [2.24, 2.45) is 0 Å². The molecule has 0 aliphatic rings. The number of halogens is 4. The molecule has 33 heavy (non-hydrogen) atoms. The van der Waals surface area contributed by atoms with Crippen LogP contribution in [0, 0.1) is 17.5 Å². The first-order valence-corrected chi connectivity index (χ1v) is 10.2. The number of aromatic nitrogens is 2. The molecule has 0 saturated carbocycles. The average Bonchev–Trinajstić information content (AvgIpc) is 2.80. The molecule has 166 valence electrons. The Labute approximate surface area is 193 Å². The lowest BCUT2D eigenvalue weighted by molar-refractivity contribution is 0.0997. The molecule has 1 amide bonds. The lowest BCUT2D eigenvalue weighted by Gasteiger charge is -2.24. The number of rotatable bonds is 5. The highest BCUT2D eigenvalue weighted by atomic mass is 79.9. The zero-order valence-electron chi connectivity index (χ0n) is 16.6. The number of aromatic amines is 1. The van der Waals surface area contributed by atoms with E-state index in [0.717, 1.165) is 29.2 Å². The SMILES string of the molecule is O=C(c1ccc[nH]c1=O)N(c1ccc(F)cc1)c1cc(F)c(Oc2ccncc2Br)cc1F. The third-order valence-electron chi connectivity index (χ3n) is 4.53. The van der Waals surface area contributed by atoms with Crippen molar-refractivity contribution in [3.8, 4) is 11.5 Å². The van der Waals surface area contributed by atoms with Gasteiger partial charge in [-0.25, -0.2) is 13.2 Å². The first-order chi connectivity index (χ1) is 15.8. The van der Waals surface area contributed by atoms with Crippen LogP contribution in [0.3, 0.4) is 0 Å². The van der Waals surface area contributed by atoms with E-state index in [9.17, 15) is 18.4 Å². The van der Waals surface area contributed by atoms with Gasteiger partial charge >= 0.3 is 0 Å². The van der Waals surface area contributed by atoms with E-state index >= 15 is 4.39 Å². The van der Waals surface area contributed by atoms with Gasteiger partial charge in [0.15, 0.2) is 17.4 Å². The number of pyridine rings is 2. The zero-order chi connectivity index (χ0) is 23.5. The molecule has 0 radical (unpaired) electrons. The molecule has 4 rings (SSSR count). The summed E-state index contributed by atoms with van der Waals surface area (Å²) in [6.07, 6.45) is 4.16. The molecule has 0 unspecified atom stereocenters. The largest absolute Gasteiger partial charge is 0.453 e. The monoisotopic (exact) mass is 515 g/mol.